The number of carbonyl (C=O) groups is 1. The lowest BCUT2D eigenvalue weighted by atomic mass is 10.1. The number of benzene rings is 2. The van der Waals surface area contributed by atoms with E-state index in [2.05, 4.69) is 0 Å². The zero-order valence-electron chi connectivity index (χ0n) is 15.4. The molecule has 1 heterocycles. The highest BCUT2D eigenvalue weighted by atomic mass is 32.2. The Hall–Kier alpha value is -3.06. The van der Waals surface area contributed by atoms with Crippen LogP contribution in [-0.2, 0) is 23.2 Å². The third-order valence-corrected chi connectivity index (χ3v) is 5.24. The first-order chi connectivity index (χ1) is 13.5. The van der Waals surface area contributed by atoms with Gasteiger partial charge in [-0.15, -0.1) is 0 Å². The number of hydrogen-bond donors (Lipinski definition) is 0. The molecular formula is C21H21NO5S. The maximum atomic E-state index is 13.0. The number of hydrogen-bond acceptors (Lipinski definition) is 5. The van der Waals surface area contributed by atoms with Crippen LogP contribution in [-0.4, -0.2) is 25.0 Å². The average molecular weight is 399 g/mol. The second-order valence-corrected chi connectivity index (χ2v) is 8.04. The first-order valence-corrected chi connectivity index (χ1v) is 10.4. The van der Waals surface area contributed by atoms with Crippen LogP contribution in [0.4, 0.5) is 0 Å². The molecule has 7 heteroatoms. The summed E-state index contributed by atoms with van der Waals surface area (Å²) in [7, 11) is -3.61. The fourth-order valence-electron chi connectivity index (χ4n) is 2.68. The predicted molar refractivity (Wildman–Crippen MR) is 105 cm³/mol. The molecule has 0 fully saturated rings. The van der Waals surface area contributed by atoms with E-state index in [-0.39, 0.29) is 24.0 Å². The molecule has 1 amide bonds. The van der Waals surface area contributed by atoms with Crippen LogP contribution >= 0.6 is 0 Å². The van der Waals surface area contributed by atoms with E-state index >= 15 is 0 Å². The summed E-state index contributed by atoms with van der Waals surface area (Å²) in [5, 5.41) is 0. The molecule has 146 valence electrons. The molecule has 3 aromatic rings. The van der Waals surface area contributed by atoms with Crippen molar-refractivity contribution < 1.29 is 21.8 Å². The van der Waals surface area contributed by atoms with Gasteiger partial charge in [0.25, 0.3) is 5.91 Å². The largest absolute Gasteiger partial charge is 0.467 e. The fourth-order valence-corrected chi connectivity index (χ4v) is 3.19. The monoisotopic (exact) mass is 399 g/mol. The van der Waals surface area contributed by atoms with E-state index in [0.717, 1.165) is 5.56 Å². The van der Waals surface area contributed by atoms with E-state index in [1.807, 2.05) is 24.3 Å². The van der Waals surface area contributed by atoms with Gasteiger partial charge in [-0.1, -0.05) is 30.3 Å². The van der Waals surface area contributed by atoms with Crippen molar-refractivity contribution in [3.8, 4) is 5.75 Å². The van der Waals surface area contributed by atoms with E-state index < -0.39 is 10.1 Å². The van der Waals surface area contributed by atoms with Crippen LogP contribution in [0.15, 0.2) is 77.4 Å². The molecule has 2 aromatic carbocycles. The number of rotatable bonds is 8. The van der Waals surface area contributed by atoms with Gasteiger partial charge in [-0.05, 0) is 48.9 Å². The van der Waals surface area contributed by atoms with Crippen LogP contribution in [0.3, 0.4) is 0 Å². The van der Waals surface area contributed by atoms with Crippen molar-refractivity contribution >= 4 is 16.0 Å². The maximum Gasteiger partial charge on any atom is 0.308 e. The second kappa shape index (κ2) is 8.75. The molecule has 0 aliphatic heterocycles. The SMILES string of the molecule is CCS(=O)(=O)Oc1cccc(CN(Cc2ccco2)C(=O)c2ccccc2)c1. The minimum absolute atomic E-state index is 0.117. The molecule has 3 rings (SSSR count). The Balaban J connectivity index is 1.84. The van der Waals surface area contributed by atoms with Crippen molar-refractivity contribution in [3.05, 3.63) is 89.9 Å². The van der Waals surface area contributed by atoms with E-state index in [4.69, 9.17) is 8.60 Å². The van der Waals surface area contributed by atoms with Crippen molar-refractivity contribution in [2.24, 2.45) is 0 Å². The van der Waals surface area contributed by atoms with Gasteiger partial charge in [0.15, 0.2) is 0 Å². The molecule has 0 atom stereocenters. The van der Waals surface area contributed by atoms with Gasteiger partial charge in [-0.25, -0.2) is 0 Å². The normalized spacial score (nSPS) is 11.2. The topological polar surface area (TPSA) is 76.8 Å². The van der Waals surface area contributed by atoms with E-state index in [9.17, 15) is 13.2 Å². The molecule has 6 nitrogen and oxygen atoms in total. The summed E-state index contributed by atoms with van der Waals surface area (Å²) in [6, 6.07) is 19.3. The summed E-state index contributed by atoms with van der Waals surface area (Å²) >= 11 is 0. The number of carbonyl (C=O) groups excluding carboxylic acids is 1. The van der Waals surface area contributed by atoms with Crippen LogP contribution < -0.4 is 4.18 Å². The molecule has 0 saturated carbocycles. The molecule has 0 radical (unpaired) electrons. The van der Waals surface area contributed by atoms with Crippen LogP contribution in [0.2, 0.25) is 0 Å². The first kappa shape index (κ1) is 19.7. The molecule has 0 aliphatic rings. The van der Waals surface area contributed by atoms with Gasteiger partial charge in [0.05, 0.1) is 18.6 Å². The Morgan fingerprint density at radius 1 is 1.00 bits per heavy atom. The molecule has 0 aliphatic carbocycles. The third kappa shape index (κ3) is 5.23. The standard InChI is InChI=1S/C21H21NO5S/c1-2-28(24,25)27-19-11-6-8-17(14-19)15-22(16-20-12-7-13-26-20)21(23)18-9-4-3-5-10-18/h3-14H,2,15-16H2,1H3. The highest BCUT2D eigenvalue weighted by Crippen LogP contribution is 2.19. The lowest BCUT2D eigenvalue weighted by molar-refractivity contribution is 0.0717. The lowest BCUT2D eigenvalue weighted by Gasteiger charge is -2.22. The predicted octanol–water partition coefficient (Wildman–Crippen LogP) is 3.85. The van der Waals surface area contributed by atoms with Crippen molar-refractivity contribution in [2.75, 3.05) is 5.75 Å². The van der Waals surface area contributed by atoms with Gasteiger partial charge in [0.1, 0.15) is 11.5 Å². The average Bonchev–Trinajstić information content (AvgIpc) is 3.21. The van der Waals surface area contributed by atoms with Crippen molar-refractivity contribution in [1.29, 1.82) is 0 Å². The van der Waals surface area contributed by atoms with Gasteiger partial charge in [-0.3, -0.25) is 4.79 Å². The summed E-state index contributed by atoms with van der Waals surface area (Å²) in [5.74, 6) is 0.619. The van der Waals surface area contributed by atoms with Gasteiger partial charge in [0.2, 0.25) is 0 Å². The van der Waals surface area contributed by atoms with Crippen LogP contribution in [0.25, 0.3) is 0 Å². The van der Waals surface area contributed by atoms with Gasteiger partial charge in [0, 0.05) is 12.1 Å². The highest BCUT2D eigenvalue weighted by Gasteiger charge is 2.18. The molecule has 0 N–H and O–H groups in total. The fraction of sp³-hybridized carbons (Fsp3) is 0.190. The zero-order valence-corrected chi connectivity index (χ0v) is 16.3. The number of nitrogens with zero attached hydrogens (tertiary/aromatic N) is 1. The zero-order chi connectivity index (χ0) is 20.0. The van der Waals surface area contributed by atoms with Crippen LogP contribution in [0.5, 0.6) is 5.75 Å². The maximum absolute atomic E-state index is 13.0. The second-order valence-electron chi connectivity index (χ2n) is 6.18. The van der Waals surface area contributed by atoms with Crippen molar-refractivity contribution in [3.63, 3.8) is 0 Å². The van der Waals surface area contributed by atoms with E-state index in [1.165, 1.54) is 6.92 Å². The van der Waals surface area contributed by atoms with Gasteiger partial charge in [-0.2, -0.15) is 8.42 Å². The smallest absolute Gasteiger partial charge is 0.308 e. The summed E-state index contributed by atoms with van der Waals surface area (Å²) in [6.45, 7) is 2.08. The number of amides is 1. The van der Waals surface area contributed by atoms with Gasteiger partial charge < -0.3 is 13.5 Å². The summed E-state index contributed by atoms with van der Waals surface area (Å²) in [6.07, 6.45) is 1.56. The Labute approximate surface area is 164 Å². The first-order valence-electron chi connectivity index (χ1n) is 8.84. The Kier molecular flexibility index (Phi) is 6.16. The van der Waals surface area contributed by atoms with Crippen molar-refractivity contribution in [1.82, 2.24) is 4.90 Å². The third-order valence-electron chi connectivity index (χ3n) is 4.08. The van der Waals surface area contributed by atoms with Crippen LogP contribution in [0, 0.1) is 0 Å². The minimum atomic E-state index is -3.61. The molecule has 0 saturated heterocycles. The Morgan fingerprint density at radius 2 is 1.79 bits per heavy atom. The minimum Gasteiger partial charge on any atom is -0.467 e. The molecular weight excluding hydrogens is 378 g/mol. The Morgan fingerprint density at radius 3 is 2.46 bits per heavy atom. The molecule has 0 spiro atoms. The molecule has 0 unspecified atom stereocenters. The van der Waals surface area contributed by atoms with Crippen LogP contribution in [0.1, 0.15) is 28.6 Å². The number of furan rings is 1. The van der Waals surface area contributed by atoms with Crippen molar-refractivity contribution in [2.45, 2.75) is 20.0 Å². The Bertz CT molecular complexity index is 1010. The van der Waals surface area contributed by atoms with Gasteiger partial charge >= 0.3 is 10.1 Å². The quantitative estimate of drug-likeness (QED) is 0.538. The molecule has 0 bridgehead atoms. The summed E-state index contributed by atoms with van der Waals surface area (Å²) in [5.41, 5.74) is 1.31. The van der Waals surface area contributed by atoms with E-state index in [0.29, 0.717) is 17.9 Å². The molecule has 1 aromatic heterocycles. The highest BCUT2D eigenvalue weighted by molar-refractivity contribution is 7.87. The molecule has 28 heavy (non-hydrogen) atoms. The van der Waals surface area contributed by atoms with E-state index in [1.54, 1.807) is 53.6 Å². The summed E-state index contributed by atoms with van der Waals surface area (Å²) < 4.78 is 33.9. The summed E-state index contributed by atoms with van der Waals surface area (Å²) in [4.78, 5) is 14.6. The lowest BCUT2D eigenvalue weighted by Crippen LogP contribution is -2.30.